The molecule has 0 fully saturated rings. The molecule has 4 aromatic rings. The van der Waals surface area contributed by atoms with Crippen molar-refractivity contribution in [3.8, 4) is 0 Å². The maximum Gasteiger partial charge on any atom is 0.282 e. The molecule has 4 nitrogen and oxygen atoms in total. The summed E-state index contributed by atoms with van der Waals surface area (Å²) in [5.74, 6) is -0.635. The lowest BCUT2D eigenvalue weighted by molar-refractivity contribution is -0.120. The number of thiophene rings is 1. The molecule has 33 heavy (non-hydrogen) atoms. The van der Waals surface area contributed by atoms with Crippen LogP contribution in [-0.4, -0.2) is 11.8 Å². The molecule has 0 radical (unpaired) electrons. The molecule has 0 atom stereocenters. The molecule has 2 amide bonds. The summed E-state index contributed by atoms with van der Waals surface area (Å²) in [4.78, 5) is 29.2. The fourth-order valence-corrected chi connectivity index (χ4v) is 4.96. The molecule has 0 bridgehead atoms. The minimum absolute atomic E-state index is 0.300. The van der Waals surface area contributed by atoms with Crippen LogP contribution in [0.3, 0.4) is 0 Å². The topological polar surface area (TPSA) is 49.4 Å². The number of unbranched alkanes of at least 4 members (excludes halogenated alkanes) is 1. The number of hydrogen-bond acceptors (Lipinski definition) is 4. The zero-order valence-corrected chi connectivity index (χ0v) is 19.2. The second kappa shape index (κ2) is 9.04. The zero-order chi connectivity index (χ0) is 22.8. The van der Waals surface area contributed by atoms with Gasteiger partial charge in [0.2, 0.25) is 0 Å². The first kappa shape index (κ1) is 21.2. The van der Waals surface area contributed by atoms with Crippen LogP contribution in [0.2, 0.25) is 0 Å². The van der Waals surface area contributed by atoms with Gasteiger partial charge < -0.3 is 5.32 Å². The molecule has 5 rings (SSSR count). The molecule has 1 N–H and O–H groups in total. The van der Waals surface area contributed by atoms with E-state index in [0.29, 0.717) is 17.0 Å². The van der Waals surface area contributed by atoms with Gasteiger partial charge in [-0.25, -0.2) is 4.90 Å². The zero-order valence-electron chi connectivity index (χ0n) is 18.4. The number of anilines is 2. The first-order chi connectivity index (χ1) is 16.2. The molecule has 2 heterocycles. The molecule has 0 saturated carbocycles. The van der Waals surface area contributed by atoms with E-state index in [1.165, 1.54) is 21.8 Å². The Morgan fingerprint density at radius 3 is 2.39 bits per heavy atom. The van der Waals surface area contributed by atoms with Gasteiger partial charge in [-0.2, -0.15) is 0 Å². The number of benzene rings is 3. The average Bonchev–Trinajstić information content (AvgIpc) is 3.45. The molecule has 1 aliphatic heterocycles. The largest absolute Gasteiger partial charge is 0.350 e. The van der Waals surface area contributed by atoms with Gasteiger partial charge in [-0.1, -0.05) is 67.9 Å². The Kier molecular flexibility index (Phi) is 5.80. The van der Waals surface area contributed by atoms with E-state index < -0.39 is 0 Å². The molecule has 1 aliphatic rings. The van der Waals surface area contributed by atoms with Crippen LogP contribution in [0, 0.1) is 0 Å². The van der Waals surface area contributed by atoms with Crippen LogP contribution in [0.15, 0.2) is 89.9 Å². The third kappa shape index (κ3) is 3.96. The number of nitrogens with zero attached hydrogens (tertiary/aromatic N) is 1. The Labute approximate surface area is 197 Å². The molecule has 164 valence electrons. The van der Waals surface area contributed by atoms with Crippen LogP contribution in [0.1, 0.15) is 30.2 Å². The number of carbonyl (C=O) groups excluding carboxylic acids is 2. The Balaban J connectivity index is 1.54. The average molecular weight is 453 g/mol. The lowest BCUT2D eigenvalue weighted by Crippen LogP contribution is -2.32. The van der Waals surface area contributed by atoms with Crippen molar-refractivity contribution in [2.24, 2.45) is 0 Å². The minimum atomic E-state index is -0.336. The van der Waals surface area contributed by atoms with E-state index in [4.69, 9.17) is 0 Å². The van der Waals surface area contributed by atoms with Gasteiger partial charge in [0, 0.05) is 16.0 Å². The number of amides is 2. The molecular formula is C28H24N2O2S. The van der Waals surface area contributed by atoms with Crippen LogP contribution in [0.25, 0.3) is 16.3 Å². The second-order valence-corrected chi connectivity index (χ2v) is 9.04. The molecule has 1 aromatic heterocycles. The van der Waals surface area contributed by atoms with E-state index in [1.54, 1.807) is 0 Å². The number of aryl methyl sites for hydroxylation is 1. The minimum Gasteiger partial charge on any atom is -0.350 e. The van der Waals surface area contributed by atoms with Crippen LogP contribution < -0.4 is 10.2 Å². The van der Waals surface area contributed by atoms with Gasteiger partial charge >= 0.3 is 0 Å². The van der Waals surface area contributed by atoms with Gasteiger partial charge in [-0.3, -0.25) is 9.59 Å². The van der Waals surface area contributed by atoms with E-state index in [2.05, 4.69) is 12.2 Å². The SMILES string of the molecule is CCCCc1ccc(N2C(=O)C(Nc3cccc4ccccc34)=C(c3cccs3)C2=O)cc1. The van der Waals surface area contributed by atoms with Crippen molar-refractivity contribution in [2.45, 2.75) is 26.2 Å². The highest BCUT2D eigenvalue weighted by molar-refractivity contribution is 7.11. The summed E-state index contributed by atoms with van der Waals surface area (Å²) in [5, 5.41) is 7.30. The van der Waals surface area contributed by atoms with E-state index in [0.717, 1.165) is 40.6 Å². The van der Waals surface area contributed by atoms with Gasteiger partial charge in [-0.15, -0.1) is 11.3 Å². The Morgan fingerprint density at radius 1 is 0.848 bits per heavy atom. The van der Waals surface area contributed by atoms with Crippen molar-refractivity contribution in [1.29, 1.82) is 0 Å². The number of nitrogens with one attached hydrogen (secondary N) is 1. The first-order valence-electron chi connectivity index (χ1n) is 11.2. The van der Waals surface area contributed by atoms with Crippen molar-refractivity contribution < 1.29 is 9.59 Å². The summed E-state index contributed by atoms with van der Waals surface area (Å²) < 4.78 is 0. The summed E-state index contributed by atoms with van der Waals surface area (Å²) >= 11 is 1.46. The van der Waals surface area contributed by atoms with Crippen LogP contribution >= 0.6 is 11.3 Å². The van der Waals surface area contributed by atoms with Gasteiger partial charge in [-0.05, 0) is 53.4 Å². The normalized spacial score (nSPS) is 13.9. The summed E-state index contributed by atoms with van der Waals surface area (Å²) in [5.41, 5.74) is 3.33. The molecule has 0 aliphatic carbocycles. The van der Waals surface area contributed by atoms with E-state index in [1.807, 2.05) is 84.2 Å². The fourth-order valence-electron chi connectivity index (χ4n) is 4.19. The van der Waals surface area contributed by atoms with Gasteiger partial charge in [0.15, 0.2) is 0 Å². The number of fused-ring (bicyclic) bond motifs is 1. The summed E-state index contributed by atoms with van der Waals surface area (Å²) in [7, 11) is 0. The summed E-state index contributed by atoms with van der Waals surface area (Å²) in [6.45, 7) is 2.16. The van der Waals surface area contributed by atoms with Crippen LogP contribution in [0.5, 0.6) is 0 Å². The lowest BCUT2D eigenvalue weighted by Gasteiger charge is -2.16. The predicted molar refractivity (Wildman–Crippen MR) is 136 cm³/mol. The number of carbonyl (C=O) groups is 2. The number of rotatable bonds is 7. The van der Waals surface area contributed by atoms with E-state index in [-0.39, 0.29) is 11.8 Å². The van der Waals surface area contributed by atoms with Gasteiger partial charge in [0.25, 0.3) is 11.8 Å². The molecule has 0 saturated heterocycles. The van der Waals surface area contributed by atoms with Gasteiger partial charge in [0.05, 0.1) is 11.3 Å². The summed E-state index contributed by atoms with van der Waals surface area (Å²) in [6.07, 6.45) is 3.23. The molecular weight excluding hydrogens is 428 g/mol. The van der Waals surface area contributed by atoms with Crippen molar-refractivity contribution >= 4 is 50.9 Å². The first-order valence-corrected chi connectivity index (χ1v) is 12.1. The van der Waals surface area contributed by atoms with Crippen molar-refractivity contribution in [3.05, 3.63) is 100 Å². The number of imide groups is 1. The standard InChI is InChI=1S/C28H24N2O2S/c1-2-3-8-19-14-16-21(17-15-19)30-27(31)25(24-13-7-18-33-24)26(28(30)32)29-23-12-6-10-20-9-4-5-11-22(20)23/h4-7,9-18,29H,2-3,8H2,1H3. The maximum atomic E-state index is 13.6. The molecule has 5 heteroatoms. The van der Waals surface area contributed by atoms with E-state index in [9.17, 15) is 9.59 Å². The fraction of sp³-hybridized carbons (Fsp3) is 0.143. The lowest BCUT2D eigenvalue weighted by atomic mass is 10.1. The van der Waals surface area contributed by atoms with Crippen LogP contribution in [-0.2, 0) is 16.0 Å². The third-order valence-electron chi connectivity index (χ3n) is 5.91. The van der Waals surface area contributed by atoms with Crippen molar-refractivity contribution in [1.82, 2.24) is 0 Å². The highest BCUT2D eigenvalue weighted by Crippen LogP contribution is 2.36. The van der Waals surface area contributed by atoms with Crippen LogP contribution in [0.4, 0.5) is 11.4 Å². The highest BCUT2D eigenvalue weighted by Gasteiger charge is 2.40. The second-order valence-electron chi connectivity index (χ2n) is 8.09. The van der Waals surface area contributed by atoms with Gasteiger partial charge in [0.1, 0.15) is 5.70 Å². The monoisotopic (exact) mass is 452 g/mol. The quantitative estimate of drug-likeness (QED) is 0.320. The number of hydrogen-bond donors (Lipinski definition) is 1. The Bertz CT molecular complexity index is 1350. The smallest absolute Gasteiger partial charge is 0.282 e. The Hall–Kier alpha value is -3.70. The summed E-state index contributed by atoms with van der Waals surface area (Å²) in [6, 6.07) is 25.4. The van der Waals surface area contributed by atoms with E-state index >= 15 is 0 Å². The maximum absolute atomic E-state index is 13.6. The Morgan fingerprint density at radius 2 is 1.64 bits per heavy atom. The van der Waals surface area contributed by atoms with Crippen molar-refractivity contribution in [3.63, 3.8) is 0 Å². The molecule has 0 unspecified atom stereocenters. The molecule has 3 aromatic carbocycles. The highest BCUT2D eigenvalue weighted by atomic mass is 32.1. The third-order valence-corrected chi connectivity index (χ3v) is 6.80. The predicted octanol–water partition coefficient (Wildman–Crippen LogP) is 6.64. The molecule has 0 spiro atoms. The van der Waals surface area contributed by atoms with Crippen molar-refractivity contribution in [2.75, 3.05) is 10.2 Å².